The molecule has 0 saturated carbocycles. The SMILES string of the molecule is CC=CC(=O)OCC(O)COc1ccc(C(CC)c2ccc(OCC(O)COC(=O)C=CC)cc2)cc1. The predicted molar refractivity (Wildman–Crippen MR) is 140 cm³/mol. The number of esters is 2. The van der Waals surface area contributed by atoms with Gasteiger partial charge in [-0.25, -0.2) is 9.59 Å². The van der Waals surface area contributed by atoms with Crippen molar-refractivity contribution >= 4 is 11.9 Å². The van der Waals surface area contributed by atoms with E-state index in [-0.39, 0.29) is 32.3 Å². The summed E-state index contributed by atoms with van der Waals surface area (Å²) in [4.78, 5) is 22.6. The van der Waals surface area contributed by atoms with Gasteiger partial charge in [0.05, 0.1) is 0 Å². The fourth-order valence-electron chi connectivity index (χ4n) is 3.46. The van der Waals surface area contributed by atoms with Crippen LogP contribution >= 0.6 is 0 Å². The van der Waals surface area contributed by atoms with Gasteiger partial charge in [-0.05, 0) is 55.7 Å². The van der Waals surface area contributed by atoms with Crippen LogP contribution in [0.5, 0.6) is 11.5 Å². The highest BCUT2D eigenvalue weighted by Gasteiger charge is 2.14. The lowest BCUT2D eigenvalue weighted by Gasteiger charge is -2.18. The number of carbonyl (C=O) groups excluding carboxylic acids is 2. The molecule has 2 unspecified atom stereocenters. The van der Waals surface area contributed by atoms with Crippen LogP contribution in [0, 0.1) is 0 Å². The molecule has 2 atom stereocenters. The molecule has 0 heterocycles. The van der Waals surface area contributed by atoms with Crippen molar-refractivity contribution in [2.45, 2.75) is 45.3 Å². The predicted octanol–water partition coefficient (Wildman–Crippen LogP) is 3.95. The van der Waals surface area contributed by atoms with Crippen molar-refractivity contribution in [1.29, 1.82) is 0 Å². The molecule has 0 aliphatic heterocycles. The van der Waals surface area contributed by atoms with E-state index in [1.54, 1.807) is 26.0 Å². The summed E-state index contributed by atoms with van der Waals surface area (Å²) in [7, 11) is 0. The van der Waals surface area contributed by atoms with Crippen LogP contribution in [0.15, 0.2) is 72.8 Å². The molecule has 0 fully saturated rings. The van der Waals surface area contributed by atoms with Crippen LogP contribution < -0.4 is 9.47 Å². The Morgan fingerprint density at radius 1 is 0.703 bits per heavy atom. The van der Waals surface area contributed by atoms with Gasteiger partial charge in [0, 0.05) is 18.1 Å². The second kappa shape index (κ2) is 16.2. The van der Waals surface area contributed by atoms with E-state index in [4.69, 9.17) is 18.9 Å². The van der Waals surface area contributed by atoms with Crippen LogP contribution in [-0.2, 0) is 19.1 Å². The lowest BCUT2D eigenvalue weighted by Crippen LogP contribution is -2.24. The molecule has 0 spiro atoms. The molecular formula is C29H36O8. The number of allylic oxidation sites excluding steroid dienone is 2. The Bertz CT molecular complexity index is 930. The molecule has 2 aromatic rings. The zero-order chi connectivity index (χ0) is 27.0. The quantitative estimate of drug-likeness (QED) is 0.273. The molecule has 0 bridgehead atoms. The number of aliphatic hydroxyl groups is 2. The summed E-state index contributed by atoms with van der Waals surface area (Å²) >= 11 is 0. The molecule has 0 aromatic heterocycles. The second-order valence-electron chi connectivity index (χ2n) is 8.29. The highest BCUT2D eigenvalue weighted by Crippen LogP contribution is 2.30. The van der Waals surface area contributed by atoms with Crippen molar-refractivity contribution in [2.75, 3.05) is 26.4 Å². The summed E-state index contributed by atoms with van der Waals surface area (Å²) < 4.78 is 21.0. The van der Waals surface area contributed by atoms with E-state index >= 15 is 0 Å². The molecule has 0 aliphatic carbocycles. The van der Waals surface area contributed by atoms with Gasteiger partial charge in [-0.2, -0.15) is 0 Å². The standard InChI is InChI=1S/C29H36O8/c1-4-7-28(32)36-19-23(30)17-34-25-13-9-21(10-14-25)27(6-3)22-11-15-26(16-12-22)35-18-24(31)20-37-29(33)8-5-2/h4-5,7-16,23-24,27,30-31H,6,17-20H2,1-3H3. The van der Waals surface area contributed by atoms with Gasteiger partial charge in [-0.1, -0.05) is 43.3 Å². The number of ether oxygens (including phenoxy) is 4. The zero-order valence-corrected chi connectivity index (χ0v) is 21.5. The molecule has 2 rings (SSSR count). The highest BCUT2D eigenvalue weighted by molar-refractivity contribution is 5.82. The van der Waals surface area contributed by atoms with Crippen LogP contribution in [-0.4, -0.2) is 60.8 Å². The summed E-state index contributed by atoms with van der Waals surface area (Å²) in [6, 6.07) is 15.3. The van der Waals surface area contributed by atoms with Crippen molar-refractivity contribution in [3.63, 3.8) is 0 Å². The van der Waals surface area contributed by atoms with Crippen molar-refractivity contribution < 1.29 is 38.7 Å². The summed E-state index contributed by atoms with van der Waals surface area (Å²) in [6.07, 6.45) is 4.75. The van der Waals surface area contributed by atoms with Crippen LogP contribution in [0.3, 0.4) is 0 Å². The first kappa shape index (κ1) is 29.6. The number of aliphatic hydroxyl groups excluding tert-OH is 2. The Kier molecular flexibility index (Phi) is 13.0. The Hall–Kier alpha value is -3.62. The van der Waals surface area contributed by atoms with Gasteiger partial charge in [-0.3, -0.25) is 0 Å². The minimum absolute atomic E-state index is 0.00799. The number of benzene rings is 2. The second-order valence-corrected chi connectivity index (χ2v) is 8.29. The Morgan fingerprint density at radius 3 is 1.41 bits per heavy atom. The van der Waals surface area contributed by atoms with Gasteiger partial charge in [-0.15, -0.1) is 0 Å². The fourth-order valence-corrected chi connectivity index (χ4v) is 3.46. The van der Waals surface area contributed by atoms with Crippen LogP contribution in [0.4, 0.5) is 0 Å². The molecule has 0 aliphatic rings. The third-order valence-corrected chi connectivity index (χ3v) is 5.30. The lowest BCUT2D eigenvalue weighted by molar-refractivity contribution is -0.142. The molecule has 200 valence electrons. The maximum absolute atomic E-state index is 11.3. The van der Waals surface area contributed by atoms with Gasteiger partial charge >= 0.3 is 11.9 Å². The molecule has 37 heavy (non-hydrogen) atoms. The maximum Gasteiger partial charge on any atom is 0.330 e. The number of hydrogen-bond acceptors (Lipinski definition) is 8. The lowest BCUT2D eigenvalue weighted by atomic mass is 9.89. The Morgan fingerprint density at radius 2 is 1.08 bits per heavy atom. The monoisotopic (exact) mass is 512 g/mol. The summed E-state index contributed by atoms with van der Waals surface area (Å²) in [5, 5.41) is 19.9. The minimum atomic E-state index is -0.924. The average molecular weight is 513 g/mol. The largest absolute Gasteiger partial charge is 0.491 e. The third-order valence-electron chi connectivity index (χ3n) is 5.30. The van der Waals surface area contributed by atoms with Gasteiger partial charge in [0.1, 0.15) is 50.1 Å². The van der Waals surface area contributed by atoms with Gasteiger partial charge < -0.3 is 29.2 Å². The first-order valence-electron chi connectivity index (χ1n) is 12.3. The molecule has 0 amide bonds. The van der Waals surface area contributed by atoms with E-state index in [0.29, 0.717) is 11.5 Å². The first-order valence-corrected chi connectivity index (χ1v) is 12.3. The molecule has 2 aromatic carbocycles. The minimum Gasteiger partial charge on any atom is -0.491 e. The van der Waals surface area contributed by atoms with E-state index in [1.807, 2.05) is 48.5 Å². The Balaban J connectivity index is 1.85. The van der Waals surface area contributed by atoms with Crippen molar-refractivity contribution in [2.24, 2.45) is 0 Å². The third kappa shape index (κ3) is 10.9. The smallest absolute Gasteiger partial charge is 0.330 e. The molecule has 0 saturated heterocycles. The highest BCUT2D eigenvalue weighted by atomic mass is 16.6. The molecule has 0 radical (unpaired) electrons. The maximum atomic E-state index is 11.3. The molecule has 8 nitrogen and oxygen atoms in total. The normalized spacial score (nSPS) is 13.8. The van der Waals surface area contributed by atoms with E-state index < -0.39 is 24.1 Å². The zero-order valence-electron chi connectivity index (χ0n) is 21.5. The summed E-state index contributed by atoms with van der Waals surface area (Å²) in [5.41, 5.74) is 2.23. The van der Waals surface area contributed by atoms with E-state index in [9.17, 15) is 19.8 Å². The molecule has 2 N–H and O–H groups in total. The van der Waals surface area contributed by atoms with E-state index in [2.05, 4.69) is 6.92 Å². The van der Waals surface area contributed by atoms with Crippen molar-refractivity contribution in [3.05, 3.63) is 84.0 Å². The fraction of sp³-hybridized carbons (Fsp3) is 0.379. The van der Waals surface area contributed by atoms with E-state index in [0.717, 1.165) is 17.5 Å². The van der Waals surface area contributed by atoms with Gasteiger partial charge in [0.25, 0.3) is 0 Å². The first-order chi connectivity index (χ1) is 17.9. The number of hydrogen-bond donors (Lipinski definition) is 2. The topological polar surface area (TPSA) is 112 Å². The van der Waals surface area contributed by atoms with Crippen LogP contribution in [0.1, 0.15) is 44.2 Å². The van der Waals surface area contributed by atoms with E-state index in [1.165, 1.54) is 12.2 Å². The van der Waals surface area contributed by atoms with Crippen molar-refractivity contribution in [1.82, 2.24) is 0 Å². The van der Waals surface area contributed by atoms with Crippen LogP contribution in [0.25, 0.3) is 0 Å². The Labute approximate surface area is 218 Å². The van der Waals surface area contributed by atoms with Gasteiger partial charge in [0.15, 0.2) is 0 Å². The van der Waals surface area contributed by atoms with Gasteiger partial charge in [0.2, 0.25) is 0 Å². The summed E-state index contributed by atoms with van der Waals surface area (Å²) in [5.74, 6) is 0.372. The molecule has 8 heteroatoms. The summed E-state index contributed by atoms with van der Waals surface area (Å²) in [6.45, 7) is 5.27. The molecular weight excluding hydrogens is 476 g/mol. The number of carbonyl (C=O) groups is 2. The number of rotatable bonds is 15. The average Bonchev–Trinajstić information content (AvgIpc) is 2.90. The van der Waals surface area contributed by atoms with Crippen molar-refractivity contribution in [3.8, 4) is 11.5 Å². The van der Waals surface area contributed by atoms with Crippen LogP contribution in [0.2, 0.25) is 0 Å².